The van der Waals surface area contributed by atoms with Gasteiger partial charge in [0.25, 0.3) is 5.91 Å². The molecular weight excluding hydrogens is 415 g/mol. The van der Waals surface area contributed by atoms with E-state index in [0.717, 1.165) is 10.0 Å². The van der Waals surface area contributed by atoms with Crippen molar-refractivity contribution in [2.75, 3.05) is 5.32 Å². The van der Waals surface area contributed by atoms with Crippen LogP contribution in [0.3, 0.4) is 0 Å². The summed E-state index contributed by atoms with van der Waals surface area (Å²) < 4.78 is 2.35. The highest BCUT2D eigenvalue weighted by atomic mass is 79.9. The zero-order valence-electron chi connectivity index (χ0n) is 12.2. The lowest BCUT2D eigenvalue weighted by molar-refractivity contribution is 0.102. The van der Waals surface area contributed by atoms with E-state index in [0.29, 0.717) is 28.0 Å². The molecule has 0 aliphatic heterocycles. The number of amides is 1. The number of halogens is 3. The topological polar surface area (TPSA) is 59.8 Å². The Labute approximate surface area is 156 Å². The van der Waals surface area contributed by atoms with Gasteiger partial charge >= 0.3 is 0 Å². The van der Waals surface area contributed by atoms with Gasteiger partial charge in [-0.1, -0.05) is 29.3 Å². The predicted octanol–water partition coefficient (Wildman–Crippen LogP) is 4.65. The van der Waals surface area contributed by atoms with Crippen LogP contribution in [0.15, 0.2) is 53.4 Å². The lowest BCUT2D eigenvalue weighted by Crippen LogP contribution is -2.16. The number of anilines is 1. The second kappa shape index (κ2) is 7.34. The summed E-state index contributed by atoms with van der Waals surface area (Å²) >= 11 is 15.7. The van der Waals surface area contributed by atoms with Gasteiger partial charge in [0.1, 0.15) is 5.82 Å². The minimum atomic E-state index is -0.282. The summed E-state index contributed by atoms with van der Waals surface area (Å²) in [5.41, 5.74) is 1.18. The third-order valence-corrected chi connectivity index (χ3v) is 4.44. The Bertz CT molecular complexity index is 877. The van der Waals surface area contributed by atoms with Crippen LogP contribution < -0.4 is 5.32 Å². The summed E-state index contributed by atoms with van der Waals surface area (Å²) in [7, 11) is 0. The van der Waals surface area contributed by atoms with Crippen molar-refractivity contribution < 1.29 is 4.79 Å². The van der Waals surface area contributed by atoms with E-state index in [2.05, 4.69) is 31.3 Å². The Morgan fingerprint density at radius 2 is 1.96 bits per heavy atom. The van der Waals surface area contributed by atoms with E-state index in [1.54, 1.807) is 47.4 Å². The molecule has 1 N–H and O–H groups in total. The number of nitrogens with zero attached hydrogens (tertiary/aromatic N) is 3. The van der Waals surface area contributed by atoms with E-state index in [1.165, 1.54) is 6.20 Å². The third kappa shape index (κ3) is 3.77. The molecule has 0 radical (unpaired) electrons. The average Bonchev–Trinajstić information content (AvgIpc) is 2.98. The van der Waals surface area contributed by atoms with Gasteiger partial charge in [-0.2, -0.15) is 5.10 Å². The molecule has 0 saturated carbocycles. The third-order valence-electron chi connectivity index (χ3n) is 3.29. The molecular formula is C16H11BrCl2N4O. The maximum atomic E-state index is 12.3. The lowest BCUT2D eigenvalue weighted by Gasteiger charge is -2.11. The monoisotopic (exact) mass is 424 g/mol. The zero-order chi connectivity index (χ0) is 17.1. The number of benzene rings is 1. The minimum absolute atomic E-state index is 0.282. The second-order valence-corrected chi connectivity index (χ2v) is 6.65. The van der Waals surface area contributed by atoms with E-state index in [1.807, 2.05) is 0 Å². The fraction of sp³-hybridized carbons (Fsp3) is 0.0625. The van der Waals surface area contributed by atoms with Crippen LogP contribution in [0.1, 0.15) is 15.9 Å². The number of carbonyl (C=O) groups is 1. The highest BCUT2D eigenvalue weighted by Gasteiger charge is 2.13. The minimum Gasteiger partial charge on any atom is -0.307 e. The van der Waals surface area contributed by atoms with Gasteiger partial charge in [-0.05, 0) is 34.1 Å². The Morgan fingerprint density at radius 1 is 1.21 bits per heavy atom. The molecule has 0 atom stereocenters. The summed E-state index contributed by atoms with van der Waals surface area (Å²) in [5, 5.41) is 8.12. The normalized spacial score (nSPS) is 10.6. The van der Waals surface area contributed by atoms with Gasteiger partial charge in [-0.25, -0.2) is 4.68 Å². The summed E-state index contributed by atoms with van der Waals surface area (Å²) in [6.07, 6.45) is 4.70. The highest BCUT2D eigenvalue weighted by molar-refractivity contribution is 9.10. The zero-order valence-corrected chi connectivity index (χ0v) is 15.3. The molecule has 0 fully saturated rings. The molecule has 24 heavy (non-hydrogen) atoms. The molecule has 8 heteroatoms. The number of rotatable bonds is 4. The first-order chi connectivity index (χ1) is 11.5. The summed E-state index contributed by atoms with van der Waals surface area (Å²) in [4.78, 5) is 16.3. The van der Waals surface area contributed by atoms with Crippen molar-refractivity contribution in [3.63, 3.8) is 0 Å². The van der Waals surface area contributed by atoms with Gasteiger partial charge in [0, 0.05) is 38.5 Å². The molecule has 1 amide bonds. The summed E-state index contributed by atoms with van der Waals surface area (Å²) in [6, 6.07) is 8.69. The maximum Gasteiger partial charge on any atom is 0.258 e. The van der Waals surface area contributed by atoms with Crippen molar-refractivity contribution in [2.24, 2.45) is 0 Å². The van der Waals surface area contributed by atoms with Gasteiger partial charge < -0.3 is 5.32 Å². The first kappa shape index (κ1) is 17.0. The van der Waals surface area contributed by atoms with Crippen LogP contribution in [-0.4, -0.2) is 20.7 Å². The van der Waals surface area contributed by atoms with Crippen LogP contribution in [0, 0.1) is 0 Å². The number of hydrogen-bond acceptors (Lipinski definition) is 3. The standard InChI is InChI=1S/C16H11BrCl2N4O/c17-11-6-10(7-20-8-11)16(24)22-15-4-5-21-23(15)9-12-13(18)2-1-3-14(12)19/h1-8H,9H2,(H,22,24). The van der Waals surface area contributed by atoms with E-state index >= 15 is 0 Å². The predicted molar refractivity (Wildman–Crippen MR) is 97.7 cm³/mol. The van der Waals surface area contributed by atoms with Gasteiger partial charge in [0.15, 0.2) is 0 Å². The summed E-state index contributed by atoms with van der Waals surface area (Å²) in [6.45, 7) is 0.345. The van der Waals surface area contributed by atoms with Gasteiger partial charge in [-0.15, -0.1) is 0 Å². The number of hydrogen-bond donors (Lipinski definition) is 1. The molecule has 0 aliphatic rings. The molecule has 2 aromatic heterocycles. The van der Waals surface area contributed by atoms with Crippen LogP contribution in [0.4, 0.5) is 5.82 Å². The SMILES string of the molecule is O=C(Nc1ccnn1Cc1c(Cl)cccc1Cl)c1cncc(Br)c1. The Morgan fingerprint density at radius 3 is 2.67 bits per heavy atom. The fourth-order valence-corrected chi connectivity index (χ4v) is 3.00. The highest BCUT2D eigenvalue weighted by Crippen LogP contribution is 2.26. The van der Waals surface area contributed by atoms with Crippen molar-refractivity contribution in [1.29, 1.82) is 0 Å². The first-order valence-electron chi connectivity index (χ1n) is 6.91. The molecule has 0 saturated heterocycles. The van der Waals surface area contributed by atoms with Gasteiger partial charge in [-0.3, -0.25) is 9.78 Å². The Kier molecular flexibility index (Phi) is 5.18. The number of carbonyl (C=O) groups excluding carboxylic acids is 1. The molecule has 1 aromatic carbocycles. The van der Waals surface area contributed by atoms with E-state index in [9.17, 15) is 4.79 Å². The number of nitrogens with one attached hydrogen (secondary N) is 1. The molecule has 122 valence electrons. The Balaban J connectivity index is 1.82. The molecule has 2 heterocycles. The average molecular weight is 426 g/mol. The molecule has 0 unspecified atom stereocenters. The van der Waals surface area contributed by atoms with E-state index < -0.39 is 0 Å². The van der Waals surface area contributed by atoms with Crippen LogP contribution in [0.25, 0.3) is 0 Å². The van der Waals surface area contributed by atoms with Gasteiger partial charge in [0.2, 0.25) is 0 Å². The molecule has 5 nitrogen and oxygen atoms in total. The first-order valence-corrected chi connectivity index (χ1v) is 8.46. The smallest absolute Gasteiger partial charge is 0.258 e. The Hall–Kier alpha value is -1.89. The van der Waals surface area contributed by atoms with Crippen molar-refractivity contribution in [2.45, 2.75) is 6.54 Å². The van der Waals surface area contributed by atoms with Crippen molar-refractivity contribution in [1.82, 2.24) is 14.8 Å². The quantitative estimate of drug-likeness (QED) is 0.661. The number of aromatic nitrogens is 3. The summed E-state index contributed by atoms with van der Waals surface area (Å²) in [5.74, 6) is 0.256. The van der Waals surface area contributed by atoms with Crippen molar-refractivity contribution in [3.8, 4) is 0 Å². The second-order valence-electron chi connectivity index (χ2n) is 4.92. The molecule has 0 spiro atoms. The van der Waals surface area contributed by atoms with Crippen LogP contribution in [-0.2, 0) is 6.54 Å². The molecule has 3 rings (SSSR count). The largest absolute Gasteiger partial charge is 0.307 e. The van der Waals surface area contributed by atoms with Crippen LogP contribution >= 0.6 is 39.1 Å². The van der Waals surface area contributed by atoms with E-state index in [4.69, 9.17) is 23.2 Å². The number of pyridine rings is 1. The molecule has 0 aliphatic carbocycles. The fourth-order valence-electron chi connectivity index (χ4n) is 2.12. The lowest BCUT2D eigenvalue weighted by atomic mass is 10.2. The van der Waals surface area contributed by atoms with Crippen molar-refractivity contribution >= 4 is 50.9 Å². The van der Waals surface area contributed by atoms with Crippen molar-refractivity contribution in [3.05, 3.63) is 74.6 Å². The van der Waals surface area contributed by atoms with Crippen LogP contribution in [0.5, 0.6) is 0 Å². The molecule has 3 aromatic rings. The molecule has 0 bridgehead atoms. The maximum absolute atomic E-state index is 12.3. The van der Waals surface area contributed by atoms with Gasteiger partial charge in [0.05, 0.1) is 18.3 Å². The van der Waals surface area contributed by atoms with Crippen LogP contribution in [0.2, 0.25) is 10.0 Å². The van der Waals surface area contributed by atoms with E-state index in [-0.39, 0.29) is 5.91 Å².